The maximum Gasteiger partial charge on any atom is 0.261 e. The fraction of sp³-hybridized carbons (Fsp3) is 0.333. The van der Waals surface area contributed by atoms with Crippen LogP contribution in [-0.4, -0.2) is 23.2 Å². The summed E-state index contributed by atoms with van der Waals surface area (Å²) in [6, 6.07) is 0. The first-order chi connectivity index (χ1) is 4.97. The first-order valence-electron chi connectivity index (χ1n) is 2.95. The lowest BCUT2D eigenvalue weighted by atomic mass is 10.5. The highest BCUT2D eigenvalue weighted by Gasteiger charge is 2.11. The SMILES string of the molecule is [c]1ncc2c(n1)OCCO2. The number of fused-ring (bicyclic) bond motifs is 1. The topological polar surface area (TPSA) is 44.2 Å². The number of hydrogen-bond donors (Lipinski definition) is 0. The Morgan fingerprint density at radius 3 is 3.20 bits per heavy atom. The van der Waals surface area contributed by atoms with Crippen LogP contribution in [0.1, 0.15) is 0 Å². The average molecular weight is 137 g/mol. The second kappa shape index (κ2) is 2.13. The van der Waals surface area contributed by atoms with Crippen molar-refractivity contribution in [2.24, 2.45) is 0 Å². The van der Waals surface area contributed by atoms with Gasteiger partial charge in [-0.2, -0.15) is 4.98 Å². The van der Waals surface area contributed by atoms with Crippen LogP contribution in [0.2, 0.25) is 0 Å². The fourth-order valence-electron chi connectivity index (χ4n) is 0.764. The van der Waals surface area contributed by atoms with E-state index in [1.54, 1.807) is 6.20 Å². The van der Waals surface area contributed by atoms with E-state index in [0.717, 1.165) is 0 Å². The summed E-state index contributed by atoms with van der Waals surface area (Å²) in [6.07, 6.45) is 3.96. The van der Waals surface area contributed by atoms with E-state index >= 15 is 0 Å². The molecular formula is C6H5N2O2. The van der Waals surface area contributed by atoms with Crippen molar-refractivity contribution in [3.63, 3.8) is 0 Å². The maximum absolute atomic E-state index is 5.15. The molecule has 0 N–H and O–H groups in total. The van der Waals surface area contributed by atoms with Gasteiger partial charge in [0.05, 0.1) is 6.20 Å². The third-order valence-electron chi connectivity index (χ3n) is 1.18. The lowest BCUT2D eigenvalue weighted by molar-refractivity contribution is 0.163. The second-order valence-electron chi connectivity index (χ2n) is 1.84. The summed E-state index contributed by atoms with van der Waals surface area (Å²) < 4.78 is 10.3. The van der Waals surface area contributed by atoms with Gasteiger partial charge in [0.1, 0.15) is 13.2 Å². The molecule has 0 aliphatic carbocycles. The van der Waals surface area contributed by atoms with Crippen LogP contribution in [0.25, 0.3) is 0 Å². The molecule has 0 saturated heterocycles. The van der Waals surface area contributed by atoms with Crippen LogP contribution in [-0.2, 0) is 0 Å². The van der Waals surface area contributed by atoms with E-state index in [1.165, 1.54) is 0 Å². The molecule has 1 aromatic heterocycles. The number of aromatic nitrogens is 2. The van der Waals surface area contributed by atoms with Crippen LogP contribution in [0, 0.1) is 6.33 Å². The Balaban J connectivity index is 2.41. The monoisotopic (exact) mass is 137 g/mol. The van der Waals surface area contributed by atoms with Crippen molar-refractivity contribution in [2.75, 3.05) is 13.2 Å². The molecular weight excluding hydrogens is 132 g/mol. The molecule has 4 nitrogen and oxygen atoms in total. The Morgan fingerprint density at radius 2 is 2.30 bits per heavy atom. The van der Waals surface area contributed by atoms with Gasteiger partial charge in [0.2, 0.25) is 6.33 Å². The first kappa shape index (κ1) is 5.46. The van der Waals surface area contributed by atoms with Gasteiger partial charge in [-0.1, -0.05) is 0 Å². The highest BCUT2D eigenvalue weighted by molar-refractivity contribution is 5.30. The molecule has 2 rings (SSSR count). The van der Waals surface area contributed by atoms with Gasteiger partial charge in [0.25, 0.3) is 5.88 Å². The molecule has 0 atom stereocenters. The number of hydrogen-bond acceptors (Lipinski definition) is 4. The van der Waals surface area contributed by atoms with Gasteiger partial charge in [0, 0.05) is 0 Å². The van der Waals surface area contributed by atoms with Gasteiger partial charge < -0.3 is 9.47 Å². The van der Waals surface area contributed by atoms with E-state index in [4.69, 9.17) is 9.47 Å². The van der Waals surface area contributed by atoms with Crippen LogP contribution in [0.5, 0.6) is 11.6 Å². The molecule has 0 unspecified atom stereocenters. The lowest BCUT2D eigenvalue weighted by Gasteiger charge is -2.14. The van der Waals surface area contributed by atoms with Gasteiger partial charge in [-0.25, -0.2) is 4.98 Å². The van der Waals surface area contributed by atoms with E-state index < -0.39 is 0 Å². The fourth-order valence-corrected chi connectivity index (χ4v) is 0.764. The van der Waals surface area contributed by atoms with Crippen molar-refractivity contribution >= 4 is 0 Å². The highest BCUT2D eigenvalue weighted by atomic mass is 16.6. The van der Waals surface area contributed by atoms with Gasteiger partial charge >= 0.3 is 0 Å². The van der Waals surface area contributed by atoms with Crippen molar-refractivity contribution in [3.05, 3.63) is 12.5 Å². The smallest absolute Gasteiger partial charge is 0.261 e. The summed E-state index contributed by atoms with van der Waals surface area (Å²) in [4.78, 5) is 7.39. The summed E-state index contributed by atoms with van der Waals surface area (Å²) in [5, 5.41) is 0. The highest BCUT2D eigenvalue weighted by Crippen LogP contribution is 2.24. The van der Waals surface area contributed by atoms with Crippen LogP contribution in [0.15, 0.2) is 6.20 Å². The molecule has 0 fully saturated rings. The predicted octanol–water partition coefficient (Wildman–Crippen LogP) is 0.0480. The zero-order valence-corrected chi connectivity index (χ0v) is 5.20. The summed E-state index contributed by atoms with van der Waals surface area (Å²) in [5.41, 5.74) is 0. The van der Waals surface area contributed by atoms with Gasteiger partial charge in [-0.3, -0.25) is 0 Å². The Morgan fingerprint density at radius 1 is 1.40 bits per heavy atom. The number of nitrogens with zero attached hydrogens (tertiary/aromatic N) is 2. The van der Waals surface area contributed by atoms with Gasteiger partial charge in [-0.15, -0.1) is 0 Å². The Kier molecular flexibility index (Phi) is 1.16. The van der Waals surface area contributed by atoms with Crippen molar-refractivity contribution in [1.29, 1.82) is 0 Å². The zero-order chi connectivity index (χ0) is 6.81. The molecule has 1 aliphatic rings. The molecule has 1 aromatic rings. The molecule has 10 heavy (non-hydrogen) atoms. The van der Waals surface area contributed by atoms with Crippen molar-refractivity contribution in [3.8, 4) is 11.6 Å². The lowest BCUT2D eigenvalue weighted by Crippen LogP contribution is -2.16. The zero-order valence-electron chi connectivity index (χ0n) is 5.20. The predicted molar refractivity (Wildman–Crippen MR) is 31.9 cm³/mol. The van der Waals surface area contributed by atoms with Crippen LogP contribution in [0.4, 0.5) is 0 Å². The van der Waals surface area contributed by atoms with Crippen LogP contribution >= 0.6 is 0 Å². The maximum atomic E-state index is 5.15. The molecule has 0 bridgehead atoms. The summed E-state index contributed by atoms with van der Waals surface area (Å²) >= 11 is 0. The molecule has 4 heteroatoms. The van der Waals surface area contributed by atoms with Crippen molar-refractivity contribution in [1.82, 2.24) is 9.97 Å². The Hall–Kier alpha value is -1.32. The minimum atomic E-state index is 0.487. The standard InChI is InChI=1S/C6H5N2O2/c1-2-10-6-5(9-1)3-7-4-8-6/h3H,1-2H2. The quantitative estimate of drug-likeness (QED) is 0.506. The Labute approximate surface area is 57.8 Å². The minimum absolute atomic E-state index is 0.487. The third-order valence-corrected chi connectivity index (χ3v) is 1.18. The molecule has 0 saturated carbocycles. The molecule has 1 radical (unpaired) electrons. The van der Waals surface area contributed by atoms with Crippen LogP contribution in [0.3, 0.4) is 0 Å². The second-order valence-corrected chi connectivity index (χ2v) is 1.84. The average Bonchev–Trinajstić information content (AvgIpc) is 2.05. The normalized spacial score (nSPS) is 14.8. The first-order valence-corrected chi connectivity index (χ1v) is 2.95. The molecule has 1 aliphatic heterocycles. The van der Waals surface area contributed by atoms with E-state index in [1.807, 2.05) is 0 Å². The Bertz CT molecular complexity index is 214. The number of rotatable bonds is 0. The van der Waals surface area contributed by atoms with E-state index in [2.05, 4.69) is 16.3 Å². The summed E-state index contributed by atoms with van der Waals surface area (Å²) in [5.74, 6) is 1.09. The van der Waals surface area contributed by atoms with Crippen molar-refractivity contribution in [2.45, 2.75) is 0 Å². The molecule has 51 valence electrons. The van der Waals surface area contributed by atoms with E-state index in [-0.39, 0.29) is 0 Å². The molecule has 0 aromatic carbocycles. The third kappa shape index (κ3) is 0.775. The molecule has 0 spiro atoms. The van der Waals surface area contributed by atoms with Gasteiger partial charge in [0.15, 0.2) is 5.75 Å². The minimum Gasteiger partial charge on any atom is -0.483 e. The van der Waals surface area contributed by atoms with Crippen molar-refractivity contribution < 1.29 is 9.47 Å². The number of ether oxygens (including phenoxy) is 2. The van der Waals surface area contributed by atoms with E-state index in [0.29, 0.717) is 24.8 Å². The summed E-state index contributed by atoms with van der Waals surface area (Å²) in [6.45, 7) is 1.12. The largest absolute Gasteiger partial charge is 0.483 e. The summed E-state index contributed by atoms with van der Waals surface area (Å²) in [7, 11) is 0. The molecule has 2 heterocycles. The van der Waals surface area contributed by atoms with E-state index in [9.17, 15) is 0 Å². The van der Waals surface area contributed by atoms with Gasteiger partial charge in [-0.05, 0) is 0 Å². The van der Waals surface area contributed by atoms with Crippen LogP contribution < -0.4 is 9.47 Å². The molecule has 0 amide bonds.